The van der Waals surface area contributed by atoms with Crippen molar-refractivity contribution in [1.29, 1.82) is 0 Å². The smallest absolute Gasteiger partial charge is 0.269 e. The predicted molar refractivity (Wildman–Crippen MR) is 112 cm³/mol. The van der Waals surface area contributed by atoms with E-state index in [4.69, 9.17) is 0 Å². The van der Waals surface area contributed by atoms with Gasteiger partial charge in [-0.3, -0.25) is 19.7 Å². The van der Waals surface area contributed by atoms with E-state index in [-0.39, 0.29) is 22.9 Å². The van der Waals surface area contributed by atoms with Crippen LogP contribution in [0.15, 0.2) is 48.5 Å². The average Bonchev–Trinajstić information content (AvgIpc) is 2.67. The zero-order valence-corrected chi connectivity index (χ0v) is 17.4. The summed E-state index contributed by atoms with van der Waals surface area (Å²) in [5.74, 6) is -0.709. The van der Waals surface area contributed by atoms with E-state index in [1.807, 2.05) is 12.1 Å². The molecule has 29 heavy (non-hydrogen) atoms. The molecule has 7 nitrogen and oxygen atoms in total. The Morgan fingerprint density at radius 3 is 2.17 bits per heavy atom. The standard InChI is InChI=1S/C22H27N3O4/c1-14(17-7-6-8-19(13-17)25(28)29)23-20(26)15(2)24-21(27)16-9-11-18(12-10-16)22(3,4)5/h6-15H,1-5H3,(H,23,26)(H,24,27). The van der Waals surface area contributed by atoms with Crippen LogP contribution in [0.1, 0.15) is 62.1 Å². The van der Waals surface area contributed by atoms with Crippen molar-refractivity contribution in [3.63, 3.8) is 0 Å². The van der Waals surface area contributed by atoms with Gasteiger partial charge in [-0.05, 0) is 42.5 Å². The maximum atomic E-state index is 12.4. The first-order chi connectivity index (χ1) is 13.5. The van der Waals surface area contributed by atoms with E-state index in [1.165, 1.54) is 12.1 Å². The fourth-order valence-corrected chi connectivity index (χ4v) is 2.80. The van der Waals surface area contributed by atoms with E-state index >= 15 is 0 Å². The van der Waals surface area contributed by atoms with Crippen molar-refractivity contribution < 1.29 is 14.5 Å². The van der Waals surface area contributed by atoms with Crippen LogP contribution in [0, 0.1) is 10.1 Å². The molecule has 2 aromatic rings. The molecule has 2 N–H and O–H groups in total. The van der Waals surface area contributed by atoms with Crippen LogP contribution in [0.5, 0.6) is 0 Å². The molecule has 0 aliphatic carbocycles. The summed E-state index contributed by atoms with van der Waals surface area (Å²) in [6, 6.07) is 12.2. The maximum Gasteiger partial charge on any atom is 0.269 e. The molecule has 2 aromatic carbocycles. The van der Waals surface area contributed by atoms with Crippen molar-refractivity contribution in [2.24, 2.45) is 0 Å². The van der Waals surface area contributed by atoms with Crippen molar-refractivity contribution in [2.45, 2.75) is 52.1 Å². The summed E-state index contributed by atoms with van der Waals surface area (Å²) in [5.41, 5.74) is 2.16. The second-order valence-corrected chi connectivity index (χ2v) is 8.10. The summed E-state index contributed by atoms with van der Waals surface area (Å²) < 4.78 is 0. The molecule has 0 aliphatic heterocycles. The zero-order valence-electron chi connectivity index (χ0n) is 17.4. The van der Waals surface area contributed by atoms with Crippen LogP contribution in [0.25, 0.3) is 0 Å². The van der Waals surface area contributed by atoms with Gasteiger partial charge in [-0.1, -0.05) is 45.0 Å². The Morgan fingerprint density at radius 1 is 1.00 bits per heavy atom. The Balaban J connectivity index is 1.98. The number of hydrogen-bond acceptors (Lipinski definition) is 4. The lowest BCUT2D eigenvalue weighted by Gasteiger charge is -2.20. The Bertz CT molecular complexity index is 901. The lowest BCUT2D eigenvalue weighted by Crippen LogP contribution is -2.45. The van der Waals surface area contributed by atoms with Crippen LogP contribution >= 0.6 is 0 Å². The number of hydrogen-bond donors (Lipinski definition) is 2. The van der Waals surface area contributed by atoms with Gasteiger partial charge in [-0.25, -0.2) is 0 Å². The third-order valence-corrected chi connectivity index (χ3v) is 4.69. The Labute approximate surface area is 170 Å². The molecule has 0 aromatic heterocycles. The third kappa shape index (κ3) is 5.88. The van der Waals surface area contributed by atoms with Crippen LogP contribution in [0.4, 0.5) is 5.69 Å². The minimum Gasteiger partial charge on any atom is -0.348 e. The molecule has 0 saturated heterocycles. The van der Waals surface area contributed by atoms with Gasteiger partial charge >= 0.3 is 0 Å². The van der Waals surface area contributed by atoms with Gasteiger partial charge in [0.2, 0.25) is 5.91 Å². The Hall–Kier alpha value is -3.22. The number of nitro benzene ring substituents is 1. The number of carbonyl (C=O) groups is 2. The van der Waals surface area contributed by atoms with Crippen LogP contribution in [-0.4, -0.2) is 22.8 Å². The number of rotatable bonds is 6. The summed E-state index contributed by atoms with van der Waals surface area (Å²) >= 11 is 0. The molecule has 0 spiro atoms. The summed E-state index contributed by atoms with van der Waals surface area (Å²) in [5, 5.41) is 16.4. The highest BCUT2D eigenvalue weighted by Gasteiger charge is 2.20. The lowest BCUT2D eigenvalue weighted by molar-refractivity contribution is -0.384. The van der Waals surface area contributed by atoms with Crippen LogP contribution in [0.2, 0.25) is 0 Å². The van der Waals surface area contributed by atoms with Crippen LogP contribution in [-0.2, 0) is 10.2 Å². The minimum absolute atomic E-state index is 0.00909. The summed E-state index contributed by atoms with van der Waals surface area (Å²) in [7, 11) is 0. The number of nitrogens with one attached hydrogen (secondary N) is 2. The molecule has 0 heterocycles. The van der Waals surface area contributed by atoms with Gasteiger partial charge in [0.25, 0.3) is 11.6 Å². The summed E-state index contributed by atoms with van der Waals surface area (Å²) in [6.07, 6.45) is 0. The molecule has 0 aliphatic rings. The first-order valence-electron chi connectivity index (χ1n) is 9.45. The molecule has 0 radical (unpaired) electrons. The van der Waals surface area contributed by atoms with Gasteiger partial charge in [-0.2, -0.15) is 0 Å². The number of nitrogens with zero attached hydrogens (tertiary/aromatic N) is 1. The second-order valence-electron chi connectivity index (χ2n) is 8.10. The van der Waals surface area contributed by atoms with E-state index in [1.54, 1.807) is 38.1 Å². The molecule has 0 bridgehead atoms. The monoisotopic (exact) mass is 397 g/mol. The van der Waals surface area contributed by atoms with Crippen molar-refractivity contribution in [2.75, 3.05) is 0 Å². The topological polar surface area (TPSA) is 101 Å². The molecule has 2 rings (SSSR count). The molecule has 2 atom stereocenters. The molecule has 7 heteroatoms. The highest BCUT2D eigenvalue weighted by molar-refractivity contribution is 5.97. The SMILES string of the molecule is CC(NC(=O)c1ccc(C(C)(C)C)cc1)C(=O)NC(C)c1cccc([N+](=O)[O-])c1. The Kier molecular flexibility index (Phi) is 6.74. The fourth-order valence-electron chi connectivity index (χ4n) is 2.80. The second kappa shape index (κ2) is 8.86. The minimum atomic E-state index is -0.758. The van der Waals surface area contributed by atoms with Crippen molar-refractivity contribution in [1.82, 2.24) is 10.6 Å². The van der Waals surface area contributed by atoms with Crippen molar-refractivity contribution >= 4 is 17.5 Å². The first-order valence-corrected chi connectivity index (χ1v) is 9.45. The van der Waals surface area contributed by atoms with E-state index < -0.39 is 17.0 Å². The highest BCUT2D eigenvalue weighted by atomic mass is 16.6. The number of non-ortho nitro benzene ring substituents is 1. The Morgan fingerprint density at radius 2 is 1.62 bits per heavy atom. The zero-order chi connectivity index (χ0) is 21.8. The van der Waals surface area contributed by atoms with Crippen molar-refractivity contribution in [3.8, 4) is 0 Å². The van der Waals surface area contributed by atoms with Crippen LogP contribution < -0.4 is 10.6 Å². The molecule has 2 unspecified atom stereocenters. The van der Waals surface area contributed by atoms with Gasteiger partial charge < -0.3 is 10.6 Å². The molecule has 0 fully saturated rings. The molecular formula is C22H27N3O4. The number of amides is 2. The number of benzene rings is 2. The summed E-state index contributed by atoms with van der Waals surface area (Å²) in [4.78, 5) is 35.3. The highest BCUT2D eigenvalue weighted by Crippen LogP contribution is 2.22. The van der Waals surface area contributed by atoms with Gasteiger partial charge in [0, 0.05) is 17.7 Å². The van der Waals surface area contributed by atoms with E-state index in [0.29, 0.717) is 11.1 Å². The largest absolute Gasteiger partial charge is 0.348 e. The lowest BCUT2D eigenvalue weighted by atomic mass is 9.86. The van der Waals surface area contributed by atoms with E-state index in [0.717, 1.165) is 5.56 Å². The number of nitro groups is 1. The quantitative estimate of drug-likeness (QED) is 0.570. The van der Waals surface area contributed by atoms with Crippen molar-refractivity contribution in [3.05, 3.63) is 75.3 Å². The van der Waals surface area contributed by atoms with Gasteiger partial charge in [-0.15, -0.1) is 0 Å². The van der Waals surface area contributed by atoms with Gasteiger partial charge in [0.1, 0.15) is 6.04 Å². The van der Waals surface area contributed by atoms with E-state index in [2.05, 4.69) is 31.4 Å². The van der Waals surface area contributed by atoms with Gasteiger partial charge in [0.05, 0.1) is 11.0 Å². The molecule has 0 saturated carbocycles. The maximum absolute atomic E-state index is 12.4. The first kappa shape index (κ1) is 22.1. The summed E-state index contributed by atoms with van der Waals surface area (Å²) in [6.45, 7) is 9.61. The predicted octanol–water partition coefficient (Wildman–Crippen LogP) is 3.89. The average molecular weight is 397 g/mol. The normalized spacial score (nSPS) is 13.3. The molecule has 2 amide bonds. The van der Waals surface area contributed by atoms with Gasteiger partial charge in [0.15, 0.2) is 0 Å². The molecular weight excluding hydrogens is 370 g/mol. The fraction of sp³-hybridized carbons (Fsp3) is 0.364. The molecule has 154 valence electrons. The number of carbonyl (C=O) groups excluding carboxylic acids is 2. The van der Waals surface area contributed by atoms with E-state index in [9.17, 15) is 19.7 Å². The third-order valence-electron chi connectivity index (χ3n) is 4.69. The van der Waals surface area contributed by atoms with Crippen LogP contribution in [0.3, 0.4) is 0 Å².